The quantitative estimate of drug-likeness (QED) is 0.107. The van der Waals surface area contributed by atoms with E-state index >= 15 is 0 Å². The molecule has 0 aliphatic carbocycles. The predicted octanol–water partition coefficient (Wildman–Crippen LogP) is 10.3. The van der Waals surface area contributed by atoms with Crippen molar-refractivity contribution in [3.63, 3.8) is 0 Å². The third-order valence-electron chi connectivity index (χ3n) is 7.19. The molecule has 0 fully saturated rings. The van der Waals surface area contributed by atoms with Crippen molar-refractivity contribution in [1.82, 2.24) is 0 Å². The highest BCUT2D eigenvalue weighted by molar-refractivity contribution is 5.15. The number of aromatic nitrogens is 1. The van der Waals surface area contributed by atoms with E-state index in [1.165, 1.54) is 154 Å². The van der Waals surface area contributed by atoms with Gasteiger partial charge in [-0.15, -0.1) is 0 Å². The molecule has 0 unspecified atom stereocenters. The molecule has 0 radical (unpaired) electrons. The Labute approximate surface area is 209 Å². The first-order chi connectivity index (χ1) is 16.3. The first kappa shape index (κ1) is 30.2. The molecule has 0 saturated carbocycles. The van der Waals surface area contributed by atoms with Gasteiger partial charge in [0.05, 0.1) is 0 Å². The van der Waals surface area contributed by atoms with Crippen molar-refractivity contribution in [2.24, 2.45) is 0 Å². The summed E-state index contributed by atoms with van der Waals surface area (Å²) in [5.41, 5.74) is 3.18. The van der Waals surface area contributed by atoms with Gasteiger partial charge in [0.1, 0.15) is 6.54 Å². The van der Waals surface area contributed by atoms with Gasteiger partial charge >= 0.3 is 0 Å². The van der Waals surface area contributed by atoms with E-state index < -0.39 is 0 Å². The highest BCUT2D eigenvalue weighted by atomic mass is 14.9. The van der Waals surface area contributed by atoms with Crippen molar-refractivity contribution in [2.45, 2.75) is 175 Å². The van der Waals surface area contributed by atoms with Crippen molar-refractivity contribution in [3.05, 3.63) is 29.6 Å². The van der Waals surface area contributed by atoms with Crippen LogP contribution in [-0.2, 0) is 19.4 Å². The van der Waals surface area contributed by atoms with Crippen LogP contribution in [0.3, 0.4) is 0 Å². The molecule has 1 heteroatoms. The molecule has 1 aromatic rings. The van der Waals surface area contributed by atoms with Crippen LogP contribution in [0.2, 0.25) is 0 Å². The van der Waals surface area contributed by atoms with Crippen molar-refractivity contribution in [2.75, 3.05) is 0 Å². The normalized spacial score (nSPS) is 11.4. The molecule has 33 heavy (non-hydrogen) atoms. The standard InChI is InChI=1S/C32H60N/c1-4-7-10-13-15-17-19-22-25-31-28-32(26-23-20-18-16-14-11-8-5-2)30-33(29-31)27-24-21-12-9-6-3/h28-30H,4-27H2,1-3H3/q+1. The van der Waals surface area contributed by atoms with Gasteiger partial charge in [-0.2, -0.15) is 0 Å². The highest BCUT2D eigenvalue weighted by Gasteiger charge is 2.08. The molecule has 0 aliphatic heterocycles. The zero-order valence-corrected chi connectivity index (χ0v) is 23.1. The molecule has 1 rings (SSSR count). The maximum absolute atomic E-state index is 2.54. The fourth-order valence-electron chi connectivity index (χ4n) is 5.00. The van der Waals surface area contributed by atoms with E-state index in [2.05, 4.69) is 43.8 Å². The van der Waals surface area contributed by atoms with Gasteiger partial charge in [0, 0.05) is 17.5 Å². The second kappa shape index (κ2) is 22.9. The van der Waals surface area contributed by atoms with Crippen molar-refractivity contribution >= 4 is 0 Å². The average molecular weight is 459 g/mol. The summed E-state index contributed by atoms with van der Waals surface area (Å²) in [6.45, 7) is 8.13. The molecule has 0 N–H and O–H groups in total. The molecule has 0 aromatic carbocycles. The summed E-state index contributed by atoms with van der Waals surface area (Å²) >= 11 is 0. The minimum Gasteiger partial charge on any atom is -0.205 e. The topological polar surface area (TPSA) is 3.88 Å². The van der Waals surface area contributed by atoms with Crippen molar-refractivity contribution in [3.8, 4) is 0 Å². The first-order valence-electron chi connectivity index (χ1n) is 15.3. The largest absolute Gasteiger partial charge is 0.205 e. The molecule has 0 bridgehead atoms. The lowest BCUT2D eigenvalue weighted by molar-refractivity contribution is -0.698. The van der Waals surface area contributed by atoms with Crippen LogP contribution in [0.25, 0.3) is 0 Å². The maximum atomic E-state index is 2.54. The zero-order valence-electron chi connectivity index (χ0n) is 23.1. The molecule has 0 aliphatic rings. The number of unbranched alkanes of at least 4 members (excludes halogenated alkanes) is 18. The Morgan fingerprint density at radius 2 is 0.758 bits per heavy atom. The van der Waals surface area contributed by atoms with E-state index in [1.807, 2.05) is 0 Å². The van der Waals surface area contributed by atoms with E-state index in [0.717, 1.165) is 0 Å². The molecular formula is C32H60N+. The third-order valence-corrected chi connectivity index (χ3v) is 7.19. The van der Waals surface area contributed by atoms with Gasteiger partial charge in [-0.05, 0) is 38.2 Å². The number of hydrogen-bond acceptors (Lipinski definition) is 0. The predicted molar refractivity (Wildman–Crippen MR) is 148 cm³/mol. The molecule has 1 nitrogen and oxygen atoms in total. The molecule has 0 atom stereocenters. The third kappa shape index (κ3) is 18.2. The van der Waals surface area contributed by atoms with Crippen LogP contribution < -0.4 is 4.57 Å². The minimum absolute atomic E-state index is 1.21. The summed E-state index contributed by atoms with van der Waals surface area (Å²) < 4.78 is 2.53. The molecular weight excluding hydrogens is 398 g/mol. The fraction of sp³-hybridized carbons (Fsp3) is 0.844. The molecule has 192 valence electrons. The van der Waals surface area contributed by atoms with E-state index in [4.69, 9.17) is 0 Å². The van der Waals surface area contributed by atoms with Crippen LogP contribution in [-0.4, -0.2) is 0 Å². The first-order valence-corrected chi connectivity index (χ1v) is 15.3. The van der Waals surface area contributed by atoms with Crippen molar-refractivity contribution in [1.29, 1.82) is 0 Å². The summed E-state index contributed by atoms with van der Waals surface area (Å²) in [7, 11) is 0. The van der Waals surface area contributed by atoms with Crippen molar-refractivity contribution < 1.29 is 4.57 Å². The Hall–Kier alpha value is -0.850. The van der Waals surface area contributed by atoms with Gasteiger partial charge in [-0.25, -0.2) is 4.57 Å². The summed E-state index contributed by atoms with van der Waals surface area (Å²) in [5.74, 6) is 0. The van der Waals surface area contributed by atoms with E-state index in [-0.39, 0.29) is 0 Å². The van der Waals surface area contributed by atoms with Crippen LogP contribution in [0, 0.1) is 0 Å². The smallest absolute Gasteiger partial charge is 0.171 e. The molecule has 1 heterocycles. The number of rotatable bonds is 24. The Morgan fingerprint density at radius 1 is 0.424 bits per heavy atom. The molecule has 0 amide bonds. The van der Waals surface area contributed by atoms with Crippen LogP contribution in [0.15, 0.2) is 18.5 Å². The lowest BCUT2D eigenvalue weighted by atomic mass is 10.0. The Balaban J connectivity index is 2.41. The van der Waals surface area contributed by atoms with Gasteiger partial charge in [0.25, 0.3) is 0 Å². The molecule has 1 aromatic heterocycles. The number of aryl methyl sites for hydroxylation is 3. The average Bonchev–Trinajstić information content (AvgIpc) is 2.82. The SMILES string of the molecule is CCCCCCCCCCc1cc(CCCCCCCCCC)c[n+](CCCCCCC)c1. The van der Waals surface area contributed by atoms with Crippen LogP contribution >= 0.6 is 0 Å². The second-order valence-electron chi connectivity index (χ2n) is 10.7. The monoisotopic (exact) mass is 458 g/mol. The van der Waals surface area contributed by atoms with Gasteiger partial charge < -0.3 is 0 Å². The van der Waals surface area contributed by atoms with Crippen LogP contribution in [0.5, 0.6) is 0 Å². The number of nitrogens with zero attached hydrogens (tertiary/aromatic N) is 1. The van der Waals surface area contributed by atoms with E-state index in [1.54, 1.807) is 11.1 Å². The van der Waals surface area contributed by atoms with Gasteiger partial charge in [-0.1, -0.05) is 130 Å². The summed E-state index contributed by atoms with van der Waals surface area (Å²) in [6, 6.07) is 2.54. The highest BCUT2D eigenvalue weighted by Crippen LogP contribution is 2.14. The summed E-state index contributed by atoms with van der Waals surface area (Å²) in [6.07, 6.45) is 37.0. The number of pyridine rings is 1. The Morgan fingerprint density at radius 3 is 1.15 bits per heavy atom. The van der Waals surface area contributed by atoms with E-state index in [0.29, 0.717) is 0 Å². The Bertz CT molecular complexity index is 497. The second-order valence-corrected chi connectivity index (χ2v) is 10.7. The Kier molecular flexibility index (Phi) is 21.0. The lowest BCUT2D eigenvalue weighted by Crippen LogP contribution is -2.34. The van der Waals surface area contributed by atoms with Gasteiger partial charge in [0.15, 0.2) is 12.4 Å². The summed E-state index contributed by atoms with van der Waals surface area (Å²) in [4.78, 5) is 0. The minimum atomic E-state index is 1.21. The molecule has 0 saturated heterocycles. The fourth-order valence-corrected chi connectivity index (χ4v) is 5.00. The summed E-state index contributed by atoms with van der Waals surface area (Å²) in [5, 5.41) is 0. The zero-order chi connectivity index (χ0) is 23.8. The van der Waals surface area contributed by atoms with Crippen LogP contribution in [0.1, 0.15) is 167 Å². The number of hydrogen-bond donors (Lipinski definition) is 0. The van der Waals surface area contributed by atoms with Gasteiger partial charge in [-0.3, -0.25) is 0 Å². The van der Waals surface area contributed by atoms with Crippen LogP contribution in [0.4, 0.5) is 0 Å². The van der Waals surface area contributed by atoms with E-state index in [9.17, 15) is 0 Å². The lowest BCUT2D eigenvalue weighted by Gasteiger charge is -2.07. The molecule has 0 spiro atoms. The maximum Gasteiger partial charge on any atom is 0.171 e. The van der Waals surface area contributed by atoms with Gasteiger partial charge in [0.2, 0.25) is 0 Å².